The van der Waals surface area contributed by atoms with E-state index < -0.39 is 32.9 Å². The summed E-state index contributed by atoms with van der Waals surface area (Å²) in [7, 11) is -4.16. The smallest absolute Gasteiger partial charge is 0.324 e. The second-order valence-corrected chi connectivity index (χ2v) is 6.48. The Balaban J connectivity index is 2.36. The third kappa shape index (κ3) is 3.21. The summed E-state index contributed by atoms with van der Waals surface area (Å²) < 4.78 is 44.7. The Hall–Kier alpha value is -1.54. The topological polar surface area (TPSA) is 76.6 Å². The van der Waals surface area contributed by atoms with Crippen molar-refractivity contribution in [1.82, 2.24) is 9.29 Å². The lowest BCUT2D eigenvalue weighted by Crippen LogP contribution is -2.48. The van der Waals surface area contributed by atoms with Gasteiger partial charge in [-0.3, -0.25) is 4.79 Å². The zero-order valence-corrected chi connectivity index (χ0v) is 12.5. The first kappa shape index (κ1) is 15.8. The van der Waals surface area contributed by atoms with Gasteiger partial charge in [0, 0.05) is 12.7 Å². The average Bonchev–Trinajstić information content (AvgIpc) is 2.48. The first-order valence-electron chi connectivity index (χ1n) is 6.77. The van der Waals surface area contributed by atoms with Crippen LogP contribution in [0.3, 0.4) is 0 Å². The van der Waals surface area contributed by atoms with Crippen LogP contribution in [0.2, 0.25) is 0 Å². The van der Waals surface area contributed by atoms with E-state index in [1.54, 1.807) is 6.92 Å². The van der Waals surface area contributed by atoms with E-state index in [1.807, 2.05) is 0 Å². The van der Waals surface area contributed by atoms with E-state index in [4.69, 9.17) is 4.74 Å². The summed E-state index contributed by atoms with van der Waals surface area (Å²) >= 11 is 0. The van der Waals surface area contributed by atoms with E-state index in [-0.39, 0.29) is 13.2 Å². The van der Waals surface area contributed by atoms with E-state index in [1.165, 1.54) is 12.3 Å². The van der Waals surface area contributed by atoms with Crippen LogP contribution in [0, 0.1) is 5.82 Å². The van der Waals surface area contributed by atoms with Crippen molar-refractivity contribution < 1.29 is 22.3 Å². The number of ether oxygens (including phenoxy) is 1. The number of pyridine rings is 1. The Morgan fingerprint density at radius 1 is 1.52 bits per heavy atom. The molecule has 0 aromatic carbocycles. The van der Waals surface area contributed by atoms with E-state index in [0.29, 0.717) is 12.8 Å². The fraction of sp³-hybridized carbons (Fsp3) is 0.538. The average molecular weight is 316 g/mol. The van der Waals surface area contributed by atoms with Gasteiger partial charge in [-0.15, -0.1) is 0 Å². The predicted molar refractivity (Wildman–Crippen MR) is 72.4 cm³/mol. The van der Waals surface area contributed by atoms with Crippen molar-refractivity contribution >= 4 is 16.0 Å². The van der Waals surface area contributed by atoms with E-state index in [9.17, 15) is 17.6 Å². The van der Waals surface area contributed by atoms with Crippen LogP contribution in [0.15, 0.2) is 23.4 Å². The number of hydrogen-bond acceptors (Lipinski definition) is 5. The largest absolute Gasteiger partial charge is 0.465 e. The maximum atomic E-state index is 13.7. The molecule has 1 aliphatic heterocycles. The molecule has 1 saturated heterocycles. The van der Waals surface area contributed by atoms with Gasteiger partial charge in [-0.25, -0.2) is 17.8 Å². The van der Waals surface area contributed by atoms with Crippen LogP contribution in [0.5, 0.6) is 0 Å². The van der Waals surface area contributed by atoms with Gasteiger partial charge in [0.15, 0.2) is 5.82 Å². The number of carbonyl (C=O) groups is 1. The third-order valence-corrected chi connectivity index (χ3v) is 5.13. The molecule has 2 rings (SSSR count). The minimum absolute atomic E-state index is 0.155. The van der Waals surface area contributed by atoms with Crippen molar-refractivity contribution in [2.45, 2.75) is 37.3 Å². The van der Waals surface area contributed by atoms with Gasteiger partial charge in [-0.1, -0.05) is 0 Å². The molecule has 1 unspecified atom stereocenters. The van der Waals surface area contributed by atoms with E-state index in [2.05, 4.69) is 4.98 Å². The second kappa shape index (κ2) is 6.48. The zero-order valence-electron chi connectivity index (χ0n) is 11.7. The Morgan fingerprint density at radius 2 is 2.29 bits per heavy atom. The van der Waals surface area contributed by atoms with Crippen LogP contribution in [-0.4, -0.2) is 42.9 Å². The molecule has 1 aromatic rings. The number of hydrogen-bond donors (Lipinski definition) is 0. The van der Waals surface area contributed by atoms with Crippen LogP contribution < -0.4 is 0 Å². The molecule has 0 bridgehead atoms. The highest BCUT2D eigenvalue weighted by molar-refractivity contribution is 7.89. The number of aromatic nitrogens is 1. The van der Waals surface area contributed by atoms with Gasteiger partial charge in [-0.2, -0.15) is 4.31 Å². The predicted octanol–water partition coefficient (Wildman–Crippen LogP) is 1.33. The highest BCUT2D eigenvalue weighted by Gasteiger charge is 2.40. The van der Waals surface area contributed by atoms with Crippen LogP contribution in [0.4, 0.5) is 4.39 Å². The first-order chi connectivity index (χ1) is 9.98. The highest BCUT2D eigenvalue weighted by Crippen LogP contribution is 2.26. The van der Waals surface area contributed by atoms with Gasteiger partial charge < -0.3 is 4.74 Å². The molecule has 0 saturated carbocycles. The molecule has 0 amide bonds. The van der Waals surface area contributed by atoms with Crippen LogP contribution in [-0.2, 0) is 19.6 Å². The number of halogens is 1. The van der Waals surface area contributed by atoms with Crippen molar-refractivity contribution in [2.75, 3.05) is 13.2 Å². The van der Waals surface area contributed by atoms with E-state index in [0.717, 1.165) is 16.8 Å². The lowest BCUT2D eigenvalue weighted by atomic mass is 10.1. The number of carbonyl (C=O) groups excluding carboxylic acids is 1. The number of nitrogens with zero attached hydrogens (tertiary/aromatic N) is 2. The molecule has 1 aromatic heterocycles. The third-order valence-electron chi connectivity index (χ3n) is 3.29. The van der Waals surface area contributed by atoms with Crippen LogP contribution in [0.1, 0.15) is 26.2 Å². The Morgan fingerprint density at radius 3 is 2.95 bits per heavy atom. The van der Waals surface area contributed by atoms with Gasteiger partial charge in [0.2, 0.25) is 5.03 Å². The molecular weight excluding hydrogens is 299 g/mol. The molecule has 0 radical (unpaired) electrons. The van der Waals surface area contributed by atoms with E-state index >= 15 is 0 Å². The zero-order chi connectivity index (χ0) is 15.5. The summed E-state index contributed by atoms with van der Waals surface area (Å²) in [6.07, 6.45) is 2.91. The highest BCUT2D eigenvalue weighted by atomic mass is 32.2. The summed E-state index contributed by atoms with van der Waals surface area (Å²) in [4.78, 5) is 15.5. The minimum atomic E-state index is -4.16. The Labute approximate surface area is 123 Å². The molecule has 0 aliphatic carbocycles. The molecule has 1 aliphatic rings. The molecule has 21 heavy (non-hydrogen) atoms. The van der Waals surface area contributed by atoms with Crippen molar-refractivity contribution in [1.29, 1.82) is 0 Å². The van der Waals surface area contributed by atoms with Gasteiger partial charge >= 0.3 is 5.97 Å². The van der Waals surface area contributed by atoms with Crippen LogP contribution >= 0.6 is 0 Å². The summed E-state index contributed by atoms with van der Waals surface area (Å²) in [5.74, 6) is -1.53. The molecule has 2 heterocycles. The monoisotopic (exact) mass is 316 g/mol. The molecule has 8 heteroatoms. The lowest BCUT2D eigenvalue weighted by Gasteiger charge is -2.32. The fourth-order valence-corrected chi connectivity index (χ4v) is 3.97. The van der Waals surface area contributed by atoms with Crippen molar-refractivity contribution in [3.63, 3.8) is 0 Å². The molecule has 0 spiro atoms. The maximum absolute atomic E-state index is 13.7. The first-order valence-corrected chi connectivity index (χ1v) is 8.21. The quantitative estimate of drug-likeness (QED) is 0.783. The number of rotatable bonds is 4. The second-order valence-electron chi connectivity index (χ2n) is 4.67. The van der Waals surface area contributed by atoms with Crippen molar-refractivity contribution in [3.05, 3.63) is 24.1 Å². The molecular formula is C13H17FN2O4S. The van der Waals surface area contributed by atoms with Gasteiger partial charge in [0.25, 0.3) is 10.0 Å². The van der Waals surface area contributed by atoms with Gasteiger partial charge in [0.05, 0.1) is 6.61 Å². The standard InChI is InChI=1S/C13H17FN2O4S/c1-2-20-13(17)11-7-3-4-9-16(11)21(18,19)12-10(14)6-5-8-15-12/h5-6,8,11H,2-4,7,9H2,1H3. The van der Waals surface area contributed by atoms with Gasteiger partial charge in [-0.05, 0) is 38.3 Å². The normalized spacial score (nSPS) is 20.2. The summed E-state index contributed by atoms with van der Waals surface area (Å²) in [5, 5.41) is -0.652. The van der Waals surface area contributed by atoms with Gasteiger partial charge in [0.1, 0.15) is 6.04 Å². The summed E-state index contributed by atoms with van der Waals surface area (Å²) in [6, 6.07) is 1.43. The molecule has 6 nitrogen and oxygen atoms in total. The van der Waals surface area contributed by atoms with Crippen LogP contribution in [0.25, 0.3) is 0 Å². The van der Waals surface area contributed by atoms with Crippen molar-refractivity contribution in [3.8, 4) is 0 Å². The SMILES string of the molecule is CCOC(=O)C1CCCCN1S(=O)(=O)c1ncccc1F. The summed E-state index contributed by atoms with van der Waals surface area (Å²) in [6.45, 7) is 1.97. The molecule has 0 N–H and O–H groups in total. The Bertz CT molecular complexity index is 620. The molecule has 116 valence electrons. The number of esters is 1. The van der Waals surface area contributed by atoms with Crippen molar-refractivity contribution in [2.24, 2.45) is 0 Å². The number of sulfonamides is 1. The Kier molecular flexibility index (Phi) is 4.89. The molecule has 1 fully saturated rings. The summed E-state index contributed by atoms with van der Waals surface area (Å²) in [5.41, 5.74) is 0. The number of piperidine rings is 1. The fourth-order valence-electron chi connectivity index (χ4n) is 2.34. The lowest BCUT2D eigenvalue weighted by molar-refractivity contribution is -0.148. The molecule has 1 atom stereocenters. The minimum Gasteiger partial charge on any atom is -0.465 e. The maximum Gasteiger partial charge on any atom is 0.324 e.